The Morgan fingerprint density at radius 1 is 1.39 bits per heavy atom. The van der Waals surface area contributed by atoms with Crippen LogP contribution in [0.4, 0.5) is 0 Å². The Bertz CT molecular complexity index is 577. The Morgan fingerprint density at radius 3 is 2.50 bits per heavy atom. The number of aromatic carboxylic acids is 1. The van der Waals surface area contributed by atoms with Crippen LogP contribution in [0.3, 0.4) is 0 Å². The van der Waals surface area contributed by atoms with Crippen LogP contribution < -0.4 is 0 Å². The van der Waals surface area contributed by atoms with E-state index in [-0.39, 0.29) is 16.6 Å². The third-order valence-electron chi connectivity index (χ3n) is 3.10. The summed E-state index contributed by atoms with van der Waals surface area (Å²) in [5.74, 6) is -1.09. The Hall–Kier alpha value is -1.50. The first-order chi connectivity index (χ1) is 8.39. The molecule has 1 fully saturated rings. The van der Waals surface area contributed by atoms with E-state index in [2.05, 4.69) is 9.97 Å². The zero-order valence-electron chi connectivity index (χ0n) is 9.96. The van der Waals surface area contributed by atoms with Gasteiger partial charge < -0.3 is 5.11 Å². The van der Waals surface area contributed by atoms with Gasteiger partial charge in [-0.3, -0.25) is 0 Å². The van der Waals surface area contributed by atoms with Gasteiger partial charge in [-0.15, -0.1) is 0 Å². The standard InChI is InChI=1S/C11H14N2O4S/c1-18(16,17)11-12-6-8(10(14)15)9(13-11)7-4-2-3-5-7/h6-7H,2-5H2,1H3,(H,14,15). The van der Waals surface area contributed by atoms with Crippen LogP contribution in [0.15, 0.2) is 11.4 Å². The summed E-state index contributed by atoms with van der Waals surface area (Å²) in [7, 11) is -3.51. The lowest BCUT2D eigenvalue weighted by atomic mass is 10.00. The van der Waals surface area contributed by atoms with Crippen LogP contribution in [0, 0.1) is 0 Å². The zero-order chi connectivity index (χ0) is 13.3. The summed E-state index contributed by atoms with van der Waals surface area (Å²) in [5, 5.41) is 8.79. The molecule has 0 aliphatic heterocycles. The predicted octanol–water partition coefficient (Wildman–Crippen LogP) is 1.24. The first-order valence-corrected chi connectivity index (χ1v) is 7.59. The summed E-state index contributed by atoms with van der Waals surface area (Å²) in [6.45, 7) is 0. The number of rotatable bonds is 3. The molecule has 1 aliphatic rings. The van der Waals surface area contributed by atoms with Gasteiger partial charge in [-0.25, -0.2) is 23.2 Å². The van der Waals surface area contributed by atoms with Crippen LogP contribution in [0.2, 0.25) is 0 Å². The molecule has 1 aromatic heterocycles. The fourth-order valence-electron chi connectivity index (χ4n) is 2.23. The van der Waals surface area contributed by atoms with Gasteiger partial charge in [0.2, 0.25) is 15.0 Å². The van der Waals surface area contributed by atoms with Crippen molar-refractivity contribution in [3.63, 3.8) is 0 Å². The van der Waals surface area contributed by atoms with E-state index in [1.807, 2.05) is 0 Å². The highest BCUT2D eigenvalue weighted by molar-refractivity contribution is 7.90. The van der Waals surface area contributed by atoms with Crippen LogP contribution in [0.25, 0.3) is 0 Å². The summed E-state index contributed by atoms with van der Waals surface area (Å²) >= 11 is 0. The maximum atomic E-state index is 11.4. The molecule has 98 valence electrons. The minimum atomic E-state index is -3.51. The number of nitrogens with zero attached hydrogens (tertiary/aromatic N) is 2. The molecule has 0 amide bonds. The molecule has 0 aromatic carbocycles. The molecule has 1 aliphatic carbocycles. The van der Waals surface area contributed by atoms with Crippen molar-refractivity contribution in [2.45, 2.75) is 36.8 Å². The number of aromatic nitrogens is 2. The normalized spacial score (nSPS) is 16.9. The molecule has 6 nitrogen and oxygen atoms in total. The maximum Gasteiger partial charge on any atom is 0.339 e. The van der Waals surface area contributed by atoms with Gasteiger partial charge in [-0.2, -0.15) is 0 Å². The highest BCUT2D eigenvalue weighted by atomic mass is 32.2. The molecule has 1 N–H and O–H groups in total. The SMILES string of the molecule is CS(=O)(=O)c1ncc(C(=O)O)c(C2CCCC2)n1. The van der Waals surface area contributed by atoms with Crippen LogP contribution in [0.5, 0.6) is 0 Å². The van der Waals surface area contributed by atoms with Gasteiger partial charge in [-0.05, 0) is 12.8 Å². The number of carboxylic acids is 1. The smallest absolute Gasteiger partial charge is 0.339 e. The van der Waals surface area contributed by atoms with Crippen LogP contribution in [0.1, 0.15) is 47.7 Å². The Balaban J connectivity index is 2.54. The Kier molecular flexibility index (Phi) is 3.34. The second-order valence-corrected chi connectivity index (χ2v) is 6.42. The molecule has 0 spiro atoms. The number of sulfone groups is 1. The minimum absolute atomic E-state index is 0.00861. The molecule has 0 unspecified atom stereocenters. The van der Waals surface area contributed by atoms with Gasteiger partial charge >= 0.3 is 5.97 Å². The van der Waals surface area contributed by atoms with Gasteiger partial charge in [0.1, 0.15) is 0 Å². The molecule has 2 rings (SSSR count). The Labute approximate surface area is 105 Å². The number of carbonyl (C=O) groups is 1. The summed E-state index contributed by atoms with van der Waals surface area (Å²) < 4.78 is 22.8. The molecule has 1 aromatic rings. The van der Waals surface area contributed by atoms with Crippen LogP contribution in [-0.2, 0) is 9.84 Å². The van der Waals surface area contributed by atoms with Crippen molar-refractivity contribution in [1.82, 2.24) is 9.97 Å². The molecule has 7 heteroatoms. The van der Waals surface area contributed by atoms with Gasteiger partial charge in [-0.1, -0.05) is 12.8 Å². The van der Waals surface area contributed by atoms with Crippen molar-refractivity contribution in [2.75, 3.05) is 6.26 Å². The lowest BCUT2D eigenvalue weighted by molar-refractivity contribution is 0.0693. The van der Waals surface area contributed by atoms with E-state index >= 15 is 0 Å². The Morgan fingerprint density at radius 2 is 2.00 bits per heavy atom. The molecule has 1 saturated carbocycles. The van der Waals surface area contributed by atoms with Crippen molar-refractivity contribution in [2.24, 2.45) is 0 Å². The van der Waals surface area contributed by atoms with Crippen molar-refractivity contribution >= 4 is 15.8 Å². The van der Waals surface area contributed by atoms with Crippen LogP contribution in [-0.4, -0.2) is 35.7 Å². The highest BCUT2D eigenvalue weighted by Crippen LogP contribution is 2.34. The second-order valence-electron chi connectivity index (χ2n) is 4.51. The summed E-state index contributed by atoms with van der Waals surface area (Å²) in [6, 6.07) is 0. The third kappa shape index (κ3) is 2.50. The lowest BCUT2D eigenvalue weighted by Crippen LogP contribution is -2.13. The first-order valence-electron chi connectivity index (χ1n) is 5.70. The number of carboxylic acid groups (broad SMARTS) is 1. The second kappa shape index (κ2) is 4.64. The molecule has 18 heavy (non-hydrogen) atoms. The van der Waals surface area contributed by atoms with Gasteiger partial charge in [0.05, 0.1) is 11.3 Å². The maximum absolute atomic E-state index is 11.4. The average Bonchev–Trinajstić information content (AvgIpc) is 2.80. The lowest BCUT2D eigenvalue weighted by Gasteiger charge is -2.12. The molecular weight excluding hydrogens is 256 g/mol. The monoisotopic (exact) mass is 270 g/mol. The quantitative estimate of drug-likeness (QED) is 0.830. The van der Waals surface area contributed by atoms with Crippen LogP contribution >= 0.6 is 0 Å². The molecule has 0 radical (unpaired) electrons. The van der Waals surface area contributed by atoms with E-state index in [1.165, 1.54) is 0 Å². The van der Waals surface area contributed by atoms with E-state index in [9.17, 15) is 13.2 Å². The molecule has 0 atom stereocenters. The predicted molar refractivity (Wildman–Crippen MR) is 63.3 cm³/mol. The largest absolute Gasteiger partial charge is 0.478 e. The van der Waals surface area contributed by atoms with E-state index in [1.54, 1.807) is 0 Å². The van der Waals surface area contributed by atoms with Crippen molar-refractivity contribution in [1.29, 1.82) is 0 Å². The van der Waals surface area contributed by atoms with Crippen molar-refractivity contribution < 1.29 is 18.3 Å². The zero-order valence-corrected chi connectivity index (χ0v) is 10.8. The molecule has 0 saturated heterocycles. The highest BCUT2D eigenvalue weighted by Gasteiger charge is 2.26. The molecule has 1 heterocycles. The van der Waals surface area contributed by atoms with E-state index in [0.717, 1.165) is 38.1 Å². The van der Waals surface area contributed by atoms with E-state index in [0.29, 0.717) is 5.69 Å². The van der Waals surface area contributed by atoms with Crippen molar-refractivity contribution in [3.05, 3.63) is 17.5 Å². The summed E-state index contributed by atoms with van der Waals surface area (Å²) in [6.07, 6.45) is 5.84. The molecule has 0 bridgehead atoms. The first kappa shape index (κ1) is 12.9. The topological polar surface area (TPSA) is 97.2 Å². The minimum Gasteiger partial charge on any atom is -0.478 e. The summed E-state index contributed by atoms with van der Waals surface area (Å²) in [4.78, 5) is 18.7. The molecular formula is C11H14N2O4S. The van der Waals surface area contributed by atoms with Gasteiger partial charge in [0.25, 0.3) is 0 Å². The van der Waals surface area contributed by atoms with E-state index in [4.69, 9.17) is 5.11 Å². The third-order valence-corrected chi connectivity index (χ3v) is 3.96. The van der Waals surface area contributed by atoms with Crippen molar-refractivity contribution in [3.8, 4) is 0 Å². The number of hydrogen-bond acceptors (Lipinski definition) is 5. The summed E-state index contributed by atoms with van der Waals surface area (Å²) in [5.41, 5.74) is 0.365. The fourth-order valence-corrected chi connectivity index (χ4v) is 2.74. The average molecular weight is 270 g/mol. The van der Waals surface area contributed by atoms with Gasteiger partial charge in [0.15, 0.2) is 0 Å². The van der Waals surface area contributed by atoms with Gasteiger partial charge in [0, 0.05) is 18.4 Å². The van der Waals surface area contributed by atoms with E-state index < -0.39 is 15.8 Å². The number of hydrogen-bond donors (Lipinski definition) is 1. The fraction of sp³-hybridized carbons (Fsp3) is 0.545.